The van der Waals surface area contributed by atoms with Gasteiger partial charge in [-0.15, -0.1) is 0 Å². The van der Waals surface area contributed by atoms with Gasteiger partial charge in [0, 0.05) is 37.9 Å². The zero-order valence-corrected chi connectivity index (χ0v) is 16.7. The Morgan fingerprint density at radius 3 is 2.31 bits per heavy atom. The molecule has 3 aliphatic rings. The van der Waals surface area contributed by atoms with Crippen LogP contribution in [0.2, 0.25) is 0 Å². The molecule has 5 nitrogen and oxygen atoms in total. The number of fused-ring (bicyclic) bond motifs is 4. The number of amides is 2. The predicted molar refractivity (Wildman–Crippen MR) is 113 cm³/mol. The Hall–Kier alpha value is -2.66. The van der Waals surface area contributed by atoms with Gasteiger partial charge in [0.1, 0.15) is 0 Å². The van der Waals surface area contributed by atoms with Crippen molar-refractivity contribution in [2.75, 3.05) is 37.6 Å². The lowest BCUT2D eigenvalue weighted by Crippen LogP contribution is -2.55. The van der Waals surface area contributed by atoms with Gasteiger partial charge in [-0.05, 0) is 56.0 Å². The standard InChI is InChI=1S/C24H27N3O2/c28-23-20-8-2-3-9-21(20)24(29)27(23)14-6-5-13-25-15-16-26-19(17-25)12-11-18-7-1-4-10-22(18)26/h1-4,7-10,19H,5-6,11-17H2/t19-/m0/s1. The average molecular weight is 389 g/mol. The van der Waals surface area contributed by atoms with Gasteiger partial charge in [0.2, 0.25) is 0 Å². The van der Waals surface area contributed by atoms with E-state index in [9.17, 15) is 9.59 Å². The van der Waals surface area contributed by atoms with Crippen LogP contribution in [-0.4, -0.2) is 60.4 Å². The van der Waals surface area contributed by atoms with E-state index in [0.29, 0.717) is 23.7 Å². The number of hydrogen-bond acceptors (Lipinski definition) is 4. The van der Waals surface area contributed by atoms with Crippen molar-refractivity contribution in [1.82, 2.24) is 9.80 Å². The summed E-state index contributed by atoms with van der Waals surface area (Å²) in [5.74, 6) is -0.278. The third kappa shape index (κ3) is 3.33. The van der Waals surface area contributed by atoms with E-state index in [0.717, 1.165) is 39.0 Å². The first-order chi connectivity index (χ1) is 14.2. The molecule has 0 unspecified atom stereocenters. The minimum Gasteiger partial charge on any atom is -0.366 e. The number of hydrogen-bond donors (Lipinski definition) is 0. The Morgan fingerprint density at radius 1 is 0.828 bits per heavy atom. The van der Waals surface area contributed by atoms with Crippen molar-refractivity contribution in [2.24, 2.45) is 0 Å². The summed E-state index contributed by atoms with van der Waals surface area (Å²) in [6, 6.07) is 16.5. The Morgan fingerprint density at radius 2 is 1.52 bits per heavy atom. The normalized spacial score (nSPS) is 21.2. The fourth-order valence-electron chi connectivity index (χ4n) is 5.06. The van der Waals surface area contributed by atoms with Crippen molar-refractivity contribution in [1.29, 1.82) is 0 Å². The number of piperazine rings is 1. The molecule has 0 N–H and O–H groups in total. The summed E-state index contributed by atoms with van der Waals surface area (Å²) < 4.78 is 0. The largest absolute Gasteiger partial charge is 0.366 e. The Kier molecular flexibility index (Phi) is 4.84. The number of rotatable bonds is 5. The zero-order valence-electron chi connectivity index (χ0n) is 16.7. The molecule has 0 bridgehead atoms. The molecule has 5 rings (SSSR count). The van der Waals surface area contributed by atoms with Crippen LogP contribution in [-0.2, 0) is 6.42 Å². The highest BCUT2D eigenvalue weighted by Crippen LogP contribution is 2.32. The van der Waals surface area contributed by atoms with Gasteiger partial charge in [-0.2, -0.15) is 0 Å². The van der Waals surface area contributed by atoms with E-state index in [1.54, 1.807) is 12.1 Å². The smallest absolute Gasteiger partial charge is 0.261 e. The van der Waals surface area contributed by atoms with Gasteiger partial charge >= 0.3 is 0 Å². The molecule has 1 atom stereocenters. The van der Waals surface area contributed by atoms with Gasteiger partial charge in [-0.1, -0.05) is 30.3 Å². The SMILES string of the molecule is O=C1c2ccccc2C(=O)N1CCCCN1CCN2c3ccccc3CC[C@H]2C1. The number of anilines is 1. The second-order valence-electron chi connectivity index (χ2n) is 8.33. The number of benzene rings is 2. The number of carbonyl (C=O) groups is 2. The van der Waals surface area contributed by atoms with Gasteiger partial charge in [0.05, 0.1) is 11.1 Å². The first-order valence-electron chi connectivity index (χ1n) is 10.7. The molecular formula is C24H27N3O2. The minimum atomic E-state index is -0.139. The molecule has 3 aliphatic heterocycles. The monoisotopic (exact) mass is 389 g/mol. The second-order valence-corrected chi connectivity index (χ2v) is 8.33. The van der Waals surface area contributed by atoms with Gasteiger partial charge in [-0.3, -0.25) is 19.4 Å². The van der Waals surface area contributed by atoms with E-state index >= 15 is 0 Å². The predicted octanol–water partition coefficient (Wildman–Crippen LogP) is 3.20. The van der Waals surface area contributed by atoms with Crippen LogP contribution in [0.3, 0.4) is 0 Å². The summed E-state index contributed by atoms with van der Waals surface area (Å²) >= 11 is 0. The molecule has 2 aromatic rings. The van der Waals surface area contributed by atoms with Crippen LogP contribution in [0, 0.1) is 0 Å². The second kappa shape index (κ2) is 7.64. The molecule has 1 saturated heterocycles. The van der Waals surface area contributed by atoms with Gasteiger partial charge in [0.15, 0.2) is 0 Å². The van der Waals surface area contributed by atoms with E-state index < -0.39 is 0 Å². The van der Waals surface area contributed by atoms with Crippen LogP contribution in [0.15, 0.2) is 48.5 Å². The van der Waals surface area contributed by atoms with Crippen LogP contribution >= 0.6 is 0 Å². The summed E-state index contributed by atoms with van der Waals surface area (Å²) in [6.07, 6.45) is 4.27. The van der Waals surface area contributed by atoms with Gasteiger partial charge in [-0.25, -0.2) is 0 Å². The number of unbranched alkanes of at least 4 members (excludes halogenated alkanes) is 1. The van der Waals surface area contributed by atoms with Crippen LogP contribution in [0.25, 0.3) is 0 Å². The van der Waals surface area contributed by atoms with E-state index in [4.69, 9.17) is 0 Å². The fraction of sp³-hybridized carbons (Fsp3) is 0.417. The lowest BCUT2D eigenvalue weighted by atomic mass is 9.94. The summed E-state index contributed by atoms with van der Waals surface area (Å²) in [6.45, 7) is 4.83. The van der Waals surface area contributed by atoms with Crippen molar-refractivity contribution in [3.05, 3.63) is 65.2 Å². The molecule has 29 heavy (non-hydrogen) atoms. The maximum atomic E-state index is 12.5. The van der Waals surface area contributed by atoms with Crippen molar-refractivity contribution in [3.8, 4) is 0 Å². The Labute approximate surface area is 171 Å². The Bertz CT molecular complexity index is 906. The highest BCUT2D eigenvalue weighted by atomic mass is 16.2. The van der Waals surface area contributed by atoms with Gasteiger partial charge in [0.25, 0.3) is 11.8 Å². The van der Waals surface area contributed by atoms with E-state index in [2.05, 4.69) is 34.1 Å². The van der Waals surface area contributed by atoms with Crippen molar-refractivity contribution < 1.29 is 9.59 Å². The zero-order chi connectivity index (χ0) is 19.8. The number of nitrogens with zero attached hydrogens (tertiary/aromatic N) is 3. The summed E-state index contributed by atoms with van der Waals surface area (Å²) in [7, 11) is 0. The molecule has 1 fully saturated rings. The molecule has 0 saturated carbocycles. The molecule has 2 amide bonds. The minimum absolute atomic E-state index is 0.139. The highest BCUT2D eigenvalue weighted by Gasteiger charge is 2.35. The van der Waals surface area contributed by atoms with Crippen LogP contribution in [0.4, 0.5) is 5.69 Å². The van der Waals surface area contributed by atoms with E-state index in [-0.39, 0.29) is 11.8 Å². The maximum Gasteiger partial charge on any atom is 0.261 e. The number of imide groups is 1. The Balaban J connectivity index is 1.11. The lowest BCUT2D eigenvalue weighted by Gasteiger charge is -2.46. The highest BCUT2D eigenvalue weighted by molar-refractivity contribution is 6.21. The van der Waals surface area contributed by atoms with Gasteiger partial charge < -0.3 is 4.90 Å². The van der Waals surface area contributed by atoms with Crippen molar-refractivity contribution in [3.63, 3.8) is 0 Å². The topological polar surface area (TPSA) is 43.9 Å². The number of carbonyl (C=O) groups excluding carboxylic acids is 2. The van der Waals surface area contributed by atoms with E-state index in [1.807, 2.05) is 12.1 Å². The number of aryl methyl sites for hydroxylation is 1. The van der Waals surface area contributed by atoms with Crippen molar-refractivity contribution in [2.45, 2.75) is 31.7 Å². The molecule has 2 aromatic carbocycles. The van der Waals surface area contributed by atoms with Crippen LogP contribution in [0.5, 0.6) is 0 Å². The molecule has 5 heteroatoms. The number of para-hydroxylation sites is 1. The molecular weight excluding hydrogens is 362 g/mol. The first kappa shape index (κ1) is 18.4. The molecule has 0 radical (unpaired) electrons. The molecule has 0 aromatic heterocycles. The summed E-state index contributed by atoms with van der Waals surface area (Å²) in [4.78, 5) is 31.5. The first-order valence-corrected chi connectivity index (χ1v) is 10.7. The third-order valence-electron chi connectivity index (χ3n) is 6.60. The lowest BCUT2D eigenvalue weighted by molar-refractivity contribution is 0.0650. The van der Waals surface area contributed by atoms with E-state index in [1.165, 1.54) is 29.0 Å². The molecule has 0 aliphatic carbocycles. The van der Waals surface area contributed by atoms with Crippen LogP contribution in [0.1, 0.15) is 45.5 Å². The molecule has 150 valence electrons. The quantitative estimate of drug-likeness (QED) is 0.582. The third-order valence-corrected chi connectivity index (χ3v) is 6.60. The van der Waals surface area contributed by atoms with Crippen molar-refractivity contribution >= 4 is 17.5 Å². The average Bonchev–Trinajstić information content (AvgIpc) is 3.01. The summed E-state index contributed by atoms with van der Waals surface area (Å²) in [5.41, 5.74) is 4.00. The molecule has 0 spiro atoms. The van der Waals surface area contributed by atoms with Crippen LogP contribution < -0.4 is 4.90 Å². The molecule has 3 heterocycles. The fourth-order valence-corrected chi connectivity index (χ4v) is 5.06. The maximum absolute atomic E-state index is 12.5. The summed E-state index contributed by atoms with van der Waals surface area (Å²) in [5, 5.41) is 0.